The van der Waals surface area contributed by atoms with Gasteiger partial charge >= 0.3 is 5.97 Å². The number of esters is 1. The Morgan fingerprint density at radius 2 is 1.48 bits per heavy atom. The van der Waals surface area contributed by atoms with Gasteiger partial charge in [-0.2, -0.15) is 0 Å². The number of halogens is 1. The summed E-state index contributed by atoms with van der Waals surface area (Å²) >= 11 is 5.77. The predicted molar refractivity (Wildman–Crippen MR) is 98.3 cm³/mol. The van der Waals surface area contributed by atoms with Gasteiger partial charge in [0.2, 0.25) is 11.5 Å². The standard InChI is InChI=1S/C19H19ClO7/c1-23-16-8-12(9-17(24-2)19(16)25-3)15(21)10-27-18(22)11-26-14-6-4-13(20)5-7-14/h4-9H,10-11H2,1-3H3. The minimum absolute atomic E-state index is 0.260. The molecule has 144 valence electrons. The van der Waals surface area contributed by atoms with Gasteiger partial charge in [0.25, 0.3) is 0 Å². The Hall–Kier alpha value is -2.93. The van der Waals surface area contributed by atoms with Crippen molar-refractivity contribution in [3.63, 3.8) is 0 Å². The second-order valence-corrected chi connectivity index (χ2v) is 5.68. The van der Waals surface area contributed by atoms with E-state index >= 15 is 0 Å². The predicted octanol–water partition coefficient (Wildman–Crippen LogP) is 3.17. The molecule has 0 heterocycles. The summed E-state index contributed by atoms with van der Waals surface area (Å²) in [4.78, 5) is 24.1. The summed E-state index contributed by atoms with van der Waals surface area (Å²) in [5.41, 5.74) is 0.260. The summed E-state index contributed by atoms with van der Waals surface area (Å²) in [7, 11) is 4.35. The summed E-state index contributed by atoms with van der Waals surface area (Å²) in [6.45, 7) is -0.772. The highest BCUT2D eigenvalue weighted by molar-refractivity contribution is 6.30. The maximum atomic E-state index is 12.3. The fourth-order valence-electron chi connectivity index (χ4n) is 2.19. The molecule has 7 nitrogen and oxygen atoms in total. The molecule has 0 bridgehead atoms. The number of methoxy groups -OCH3 is 3. The van der Waals surface area contributed by atoms with Crippen LogP contribution in [0.2, 0.25) is 5.02 Å². The van der Waals surface area contributed by atoms with E-state index in [0.717, 1.165) is 0 Å². The molecule has 0 spiro atoms. The molecule has 0 atom stereocenters. The molecule has 2 aromatic carbocycles. The minimum Gasteiger partial charge on any atom is -0.493 e. The van der Waals surface area contributed by atoms with Crippen LogP contribution in [0.25, 0.3) is 0 Å². The lowest BCUT2D eigenvalue weighted by Gasteiger charge is -2.13. The maximum absolute atomic E-state index is 12.3. The summed E-state index contributed by atoms with van der Waals surface area (Å²) in [6.07, 6.45) is 0. The molecule has 0 unspecified atom stereocenters. The number of carbonyl (C=O) groups excluding carboxylic acids is 2. The van der Waals surface area contributed by atoms with Crippen molar-refractivity contribution >= 4 is 23.4 Å². The molecule has 8 heteroatoms. The molecule has 0 fully saturated rings. The molecule has 0 aliphatic rings. The summed E-state index contributed by atoms with van der Waals surface area (Å²) < 4.78 is 25.8. The second-order valence-electron chi connectivity index (χ2n) is 5.24. The van der Waals surface area contributed by atoms with Crippen LogP contribution >= 0.6 is 11.6 Å². The molecule has 2 rings (SSSR count). The van der Waals surface area contributed by atoms with E-state index in [1.165, 1.54) is 33.5 Å². The van der Waals surface area contributed by atoms with E-state index < -0.39 is 18.4 Å². The van der Waals surface area contributed by atoms with Crippen molar-refractivity contribution in [2.45, 2.75) is 0 Å². The topological polar surface area (TPSA) is 80.3 Å². The summed E-state index contributed by atoms with van der Waals surface area (Å²) in [5.74, 6) is 0.396. The first-order valence-corrected chi connectivity index (χ1v) is 8.23. The smallest absolute Gasteiger partial charge is 0.344 e. The number of hydrogen-bond donors (Lipinski definition) is 0. The number of Topliss-reactive ketones (excluding diaryl/α,β-unsaturated/α-hetero) is 1. The zero-order chi connectivity index (χ0) is 19.8. The first-order chi connectivity index (χ1) is 13.0. The van der Waals surface area contributed by atoms with Crippen LogP contribution in [-0.2, 0) is 9.53 Å². The Kier molecular flexibility index (Phi) is 7.31. The van der Waals surface area contributed by atoms with E-state index in [1.807, 2.05) is 0 Å². The fraction of sp³-hybridized carbons (Fsp3) is 0.263. The van der Waals surface area contributed by atoms with Crippen molar-refractivity contribution in [2.24, 2.45) is 0 Å². The molecule has 0 amide bonds. The van der Waals surface area contributed by atoms with Gasteiger partial charge in [-0.3, -0.25) is 4.79 Å². The first-order valence-electron chi connectivity index (χ1n) is 7.85. The number of benzene rings is 2. The quantitative estimate of drug-likeness (QED) is 0.477. The van der Waals surface area contributed by atoms with Crippen molar-refractivity contribution in [2.75, 3.05) is 34.5 Å². The molecule has 0 aromatic heterocycles. The van der Waals surface area contributed by atoms with Gasteiger partial charge in [-0.15, -0.1) is 0 Å². The van der Waals surface area contributed by atoms with Crippen LogP contribution < -0.4 is 18.9 Å². The van der Waals surface area contributed by atoms with Crippen LogP contribution in [0.3, 0.4) is 0 Å². The van der Waals surface area contributed by atoms with Gasteiger partial charge in [0.15, 0.2) is 24.7 Å². The Morgan fingerprint density at radius 3 is 2.00 bits per heavy atom. The largest absolute Gasteiger partial charge is 0.493 e. The zero-order valence-electron chi connectivity index (χ0n) is 15.1. The van der Waals surface area contributed by atoms with Crippen molar-refractivity contribution in [3.05, 3.63) is 47.0 Å². The Morgan fingerprint density at radius 1 is 0.889 bits per heavy atom. The van der Waals surface area contributed by atoms with E-state index in [9.17, 15) is 9.59 Å². The maximum Gasteiger partial charge on any atom is 0.344 e. The number of rotatable bonds is 9. The number of ketones is 1. The highest BCUT2D eigenvalue weighted by Gasteiger charge is 2.18. The van der Waals surface area contributed by atoms with Gasteiger partial charge in [0, 0.05) is 10.6 Å². The monoisotopic (exact) mass is 394 g/mol. The molecule has 0 saturated heterocycles. The van der Waals surface area contributed by atoms with Crippen molar-refractivity contribution < 1.29 is 33.3 Å². The van der Waals surface area contributed by atoms with E-state index in [0.29, 0.717) is 28.0 Å². The lowest BCUT2D eigenvalue weighted by molar-refractivity contribution is -0.144. The molecule has 2 aromatic rings. The summed E-state index contributed by atoms with van der Waals surface area (Å²) in [5, 5.41) is 0.556. The fourth-order valence-corrected chi connectivity index (χ4v) is 2.31. The van der Waals surface area contributed by atoms with E-state index in [2.05, 4.69) is 0 Å². The van der Waals surface area contributed by atoms with Crippen LogP contribution in [0.15, 0.2) is 36.4 Å². The summed E-state index contributed by atoms with van der Waals surface area (Å²) in [6, 6.07) is 9.49. The number of carbonyl (C=O) groups is 2. The minimum atomic E-state index is -0.675. The molecular weight excluding hydrogens is 376 g/mol. The Balaban J connectivity index is 1.94. The molecule has 0 saturated carbocycles. The molecular formula is C19H19ClO7. The highest BCUT2D eigenvalue weighted by atomic mass is 35.5. The average molecular weight is 395 g/mol. The normalized spacial score (nSPS) is 10.1. The Bertz CT molecular complexity index is 777. The second kappa shape index (κ2) is 9.68. The highest BCUT2D eigenvalue weighted by Crippen LogP contribution is 2.38. The van der Waals surface area contributed by atoms with Crippen LogP contribution in [0.1, 0.15) is 10.4 Å². The zero-order valence-corrected chi connectivity index (χ0v) is 15.9. The van der Waals surface area contributed by atoms with Crippen LogP contribution in [-0.4, -0.2) is 46.3 Å². The average Bonchev–Trinajstić information content (AvgIpc) is 2.70. The van der Waals surface area contributed by atoms with Crippen LogP contribution in [0.4, 0.5) is 0 Å². The molecule has 0 aliphatic carbocycles. The SMILES string of the molecule is COc1cc(C(=O)COC(=O)COc2ccc(Cl)cc2)cc(OC)c1OC. The van der Waals surface area contributed by atoms with Crippen molar-refractivity contribution in [1.82, 2.24) is 0 Å². The Labute approximate surface area is 161 Å². The van der Waals surface area contributed by atoms with Gasteiger partial charge in [-0.1, -0.05) is 11.6 Å². The van der Waals surface area contributed by atoms with Gasteiger partial charge in [0.1, 0.15) is 5.75 Å². The van der Waals surface area contributed by atoms with Crippen molar-refractivity contribution in [1.29, 1.82) is 0 Å². The van der Waals surface area contributed by atoms with E-state index in [4.69, 9.17) is 35.3 Å². The van der Waals surface area contributed by atoms with E-state index in [-0.39, 0.29) is 12.2 Å². The molecule has 27 heavy (non-hydrogen) atoms. The lowest BCUT2D eigenvalue weighted by atomic mass is 10.1. The van der Waals surface area contributed by atoms with Crippen LogP contribution in [0, 0.1) is 0 Å². The molecule has 0 radical (unpaired) electrons. The first kappa shape index (κ1) is 20.4. The third kappa shape index (κ3) is 5.52. The molecule has 0 aliphatic heterocycles. The molecule has 0 N–H and O–H groups in total. The lowest BCUT2D eigenvalue weighted by Crippen LogP contribution is -2.19. The number of ether oxygens (including phenoxy) is 5. The van der Waals surface area contributed by atoms with Gasteiger partial charge in [-0.05, 0) is 36.4 Å². The van der Waals surface area contributed by atoms with E-state index in [1.54, 1.807) is 24.3 Å². The van der Waals surface area contributed by atoms with Crippen LogP contribution in [0.5, 0.6) is 23.0 Å². The van der Waals surface area contributed by atoms with Gasteiger partial charge in [-0.25, -0.2) is 4.79 Å². The van der Waals surface area contributed by atoms with Gasteiger partial charge in [0.05, 0.1) is 21.3 Å². The third-order valence-electron chi connectivity index (χ3n) is 3.52. The van der Waals surface area contributed by atoms with Crippen molar-refractivity contribution in [3.8, 4) is 23.0 Å². The van der Waals surface area contributed by atoms with Gasteiger partial charge < -0.3 is 23.7 Å². The number of hydrogen-bond acceptors (Lipinski definition) is 7. The third-order valence-corrected chi connectivity index (χ3v) is 3.77.